The fourth-order valence-electron chi connectivity index (χ4n) is 3.22. The Morgan fingerprint density at radius 2 is 1.75 bits per heavy atom. The molecule has 0 fully saturated rings. The molecule has 9 heteroatoms. The van der Waals surface area contributed by atoms with Crippen molar-refractivity contribution >= 4 is 23.2 Å². The van der Waals surface area contributed by atoms with Gasteiger partial charge in [0.1, 0.15) is 16.5 Å². The number of carbonyl (C=O) groups is 1. The van der Waals surface area contributed by atoms with Gasteiger partial charge in [-0.3, -0.25) is 10.1 Å². The van der Waals surface area contributed by atoms with Crippen molar-refractivity contribution in [3.05, 3.63) is 82.2 Å². The third-order valence-corrected chi connectivity index (χ3v) is 5.60. The van der Waals surface area contributed by atoms with Crippen LogP contribution in [0.1, 0.15) is 0 Å². The topological polar surface area (TPSA) is 112 Å². The summed E-state index contributed by atoms with van der Waals surface area (Å²) < 4.78 is 10.1. The van der Waals surface area contributed by atoms with Crippen molar-refractivity contribution in [1.29, 1.82) is 0 Å². The van der Waals surface area contributed by atoms with Crippen molar-refractivity contribution in [1.82, 2.24) is 4.98 Å². The van der Waals surface area contributed by atoms with E-state index < -0.39 is 11.1 Å². The van der Waals surface area contributed by atoms with Gasteiger partial charge >= 0.3 is 6.16 Å². The van der Waals surface area contributed by atoms with Crippen LogP contribution in [0.5, 0.6) is 11.5 Å². The normalized spacial score (nSPS) is 10.5. The van der Waals surface area contributed by atoms with Crippen molar-refractivity contribution in [3.63, 3.8) is 0 Å². The first kappa shape index (κ1) is 21.0. The zero-order valence-corrected chi connectivity index (χ0v) is 17.5. The fraction of sp³-hybridized carbons (Fsp3) is 0.0435. The average Bonchev–Trinajstić information content (AvgIpc) is 3.29. The van der Waals surface area contributed by atoms with Gasteiger partial charge in [-0.1, -0.05) is 18.2 Å². The summed E-state index contributed by atoms with van der Waals surface area (Å²) in [6.45, 7) is 0. The fourth-order valence-corrected chi connectivity index (χ4v) is 4.04. The number of nitro benzene ring substituents is 1. The lowest BCUT2D eigenvalue weighted by Gasteiger charge is -2.10. The number of methoxy groups -OCH3 is 1. The van der Waals surface area contributed by atoms with Crippen LogP contribution in [-0.2, 0) is 0 Å². The molecule has 0 aliphatic heterocycles. The standard InChI is InChI=1S/C23H16N2O6S/c1-30-16-9-6-14(7-10-16)19-13-32-22(24-19)15-8-11-18(21(12-15)31-23(26)27)17-4-2-3-5-20(17)25(28)29/h2-13H,1H3,(H,26,27). The van der Waals surface area contributed by atoms with Gasteiger partial charge in [0, 0.05) is 28.1 Å². The minimum Gasteiger partial charge on any atom is -0.497 e. The van der Waals surface area contributed by atoms with Crippen molar-refractivity contribution < 1.29 is 24.3 Å². The van der Waals surface area contributed by atoms with E-state index in [2.05, 4.69) is 4.98 Å². The molecule has 4 rings (SSSR count). The zero-order valence-electron chi connectivity index (χ0n) is 16.7. The summed E-state index contributed by atoms with van der Waals surface area (Å²) >= 11 is 1.39. The van der Waals surface area contributed by atoms with Crippen LogP contribution >= 0.6 is 11.3 Å². The summed E-state index contributed by atoms with van der Waals surface area (Å²) in [6.07, 6.45) is -1.51. The van der Waals surface area contributed by atoms with Gasteiger partial charge < -0.3 is 14.6 Å². The zero-order chi connectivity index (χ0) is 22.7. The van der Waals surface area contributed by atoms with Gasteiger partial charge in [0.2, 0.25) is 0 Å². The maximum absolute atomic E-state index is 11.4. The van der Waals surface area contributed by atoms with Crippen LogP contribution in [0.15, 0.2) is 72.1 Å². The molecule has 1 N–H and O–H groups in total. The van der Waals surface area contributed by atoms with E-state index in [4.69, 9.17) is 9.47 Å². The Labute approximate surface area is 186 Å². The quantitative estimate of drug-likeness (QED) is 0.164. The van der Waals surface area contributed by atoms with Crippen LogP contribution in [0.25, 0.3) is 33.0 Å². The number of benzene rings is 3. The molecule has 1 heterocycles. The number of hydrogen-bond acceptors (Lipinski definition) is 7. The lowest BCUT2D eigenvalue weighted by atomic mass is 10.0. The van der Waals surface area contributed by atoms with E-state index in [1.54, 1.807) is 37.4 Å². The molecule has 0 radical (unpaired) electrons. The maximum atomic E-state index is 11.4. The molecular weight excluding hydrogens is 432 g/mol. The highest BCUT2D eigenvalue weighted by Gasteiger charge is 2.20. The van der Waals surface area contributed by atoms with Gasteiger partial charge in [-0.25, -0.2) is 9.78 Å². The summed E-state index contributed by atoms with van der Waals surface area (Å²) in [5, 5.41) is 23.2. The molecule has 1 aromatic heterocycles. The van der Waals surface area contributed by atoms with Crippen molar-refractivity contribution in [2.45, 2.75) is 0 Å². The smallest absolute Gasteiger partial charge is 0.497 e. The highest BCUT2D eigenvalue weighted by Crippen LogP contribution is 2.39. The van der Waals surface area contributed by atoms with Crippen molar-refractivity contribution in [3.8, 4) is 44.5 Å². The molecule has 0 aliphatic rings. The van der Waals surface area contributed by atoms with Crippen LogP contribution < -0.4 is 9.47 Å². The molecule has 32 heavy (non-hydrogen) atoms. The molecule has 0 unspecified atom stereocenters. The lowest BCUT2D eigenvalue weighted by Crippen LogP contribution is -2.05. The van der Waals surface area contributed by atoms with Crippen LogP contribution in [-0.4, -0.2) is 28.3 Å². The number of hydrogen-bond donors (Lipinski definition) is 1. The van der Waals surface area contributed by atoms with Gasteiger partial charge in [-0.05, 0) is 42.5 Å². The third kappa shape index (κ3) is 4.28. The number of nitrogens with zero attached hydrogens (tertiary/aromatic N) is 2. The van der Waals surface area contributed by atoms with E-state index in [1.807, 2.05) is 29.6 Å². The van der Waals surface area contributed by atoms with E-state index in [-0.39, 0.29) is 17.0 Å². The SMILES string of the molecule is COc1ccc(-c2csc(-c3ccc(-c4ccccc4[N+](=O)[O-])c(OC(=O)O)c3)n2)cc1. The van der Waals surface area contributed by atoms with Crippen molar-refractivity contribution in [2.75, 3.05) is 7.11 Å². The molecule has 3 aromatic carbocycles. The van der Waals surface area contributed by atoms with E-state index in [0.717, 1.165) is 17.0 Å². The number of ether oxygens (including phenoxy) is 2. The number of carboxylic acid groups (broad SMARTS) is 1. The van der Waals surface area contributed by atoms with Gasteiger partial charge in [-0.2, -0.15) is 0 Å². The van der Waals surface area contributed by atoms with Crippen molar-refractivity contribution in [2.24, 2.45) is 0 Å². The second-order valence-corrected chi connectivity index (χ2v) is 7.48. The largest absolute Gasteiger partial charge is 0.511 e. The van der Waals surface area contributed by atoms with Crippen LogP contribution in [0, 0.1) is 10.1 Å². The average molecular weight is 448 g/mol. The monoisotopic (exact) mass is 448 g/mol. The Hall–Kier alpha value is -4.24. The molecule has 0 atom stereocenters. The first-order chi connectivity index (χ1) is 15.5. The third-order valence-electron chi connectivity index (χ3n) is 4.71. The summed E-state index contributed by atoms with van der Waals surface area (Å²) in [5.74, 6) is 0.732. The number of rotatable bonds is 6. The second kappa shape index (κ2) is 8.86. The molecule has 0 saturated carbocycles. The molecule has 0 amide bonds. The Kier molecular flexibility index (Phi) is 5.82. The molecule has 0 spiro atoms. The van der Waals surface area contributed by atoms with Gasteiger partial charge in [0.05, 0.1) is 23.3 Å². The second-order valence-electron chi connectivity index (χ2n) is 6.62. The minimum atomic E-state index is -1.51. The first-order valence-electron chi connectivity index (χ1n) is 9.35. The Morgan fingerprint density at radius 3 is 2.44 bits per heavy atom. The number of nitro groups is 1. The number of aromatic nitrogens is 1. The molecule has 8 nitrogen and oxygen atoms in total. The highest BCUT2D eigenvalue weighted by molar-refractivity contribution is 7.13. The van der Waals surface area contributed by atoms with E-state index in [1.165, 1.54) is 23.5 Å². The Bertz CT molecular complexity index is 1300. The first-order valence-corrected chi connectivity index (χ1v) is 10.2. The van der Waals surface area contributed by atoms with Gasteiger partial charge in [-0.15, -0.1) is 11.3 Å². The minimum absolute atomic E-state index is 0.00880. The molecule has 0 aliphatic carbocycles. The number of para-hydroxylation sites is 1. The highest BCUT2D eigenvalue weighted by atomic mass is 32.1. The molecular formula is C23H16N2O6S. The number of thiazole rings is 1. The van der Waals surface area contributed by atoms with Crippen LogP contribution in [0.3, 0.4) is 0 Å². The molecule has 160 valence electrons. The summed E-state index contributed by atoms with van der Waals surface area (Å²) in [7, 11) is 1.60. The summed E-state index contributed by atoms with van der Waals surface area (Å²) in [5.41, 5.74) is 2.72. The Balaban J connectivity index is 1.75. The summed E-state index contributed by atoms with van der Waals surface area (Å²) in [4.78, 5) is 26.8. The Morgan fingerprint density at radius 1 is 1.03 bits per heavy atom. The van der Waals surface area contributed by atoms with Crippen LogP contribution in [0.4, 0.5) is 10.5 Å². The molecule has 0 bridgehead atoms. The van der Waals surface area contributed by atoms with Gasteiger partial charge in [0.15, 0.2) is 0 Å². The van der Waals surface area contributed by atoms with Crippen LogP contribution in [0.2, 0.25) is 0 Å². The predicted molar refractivity (Wildman–Crippen MR) is 120 cm³/mol. The molecule has 0 saturated heterocycles. The van der Waals surface area contributed by atoms with E-state index in [9.17, 15) is 20.0 Å². The maximum Gasteiger partial charge on any atom is 0.511 e. The lowest BCUT2D eigenvalue weighted by molar-refractivity contribution is -0.384. The molecule has 4 aromatic rings. The van der Waals surface area contributed by atoms with E-state index in [0.29, 0.717) is 16.1 Å². The van der Waals surface area contributed by atoms with E-state index >= 15 is 0 Å². The van der Waals surface area contributed by atoms with Gasteiger partial charge in [0.25, 0.3) is 5.69 Å². The predicted octanol–water partition coefficient (Wildman–Crippen LogP) is 6.12. The summed E-state index contributed by atoms with van der Waals surface area (Å²) in [6, 6.07) is 18.4.